The third-order valence-corrected chi connectivity index (χ3v) is 4.67. The summed E-state index contributed by atoms with van der Waals surface area (Å²) in [6.07, 6.45) is -0.103. The number of anilines is 1. The molecule has 2 aromatic carbocycles. The van der Waals surface area contributed by atoms with E-state index in [2.05, 4.69) is 24.5 Å². The minimum atomic E-state index is -0.727. The van der Waals surface area contributed by atoms with Gasteiger partial charge >= 0.3 is 0 Å². The fourth-order valence-corrected chi connectivity index (χ4v) is 3.07. The minimum Gasteiger partial charge on any atom is -0.481 e. The van der Waals surface area contributed by atoms with Crippen LogP contribution in [0.2, 0.25) is 0 Å². The van der Waals surface area contributed by atoms with Gasteiger partial charge in [0.1, 0.15) is 11.6 Å². The Bertz CT molecular complexity index is 805. The highest BCUT2D eigenvalue weighted by Gasteiger charge is 2.20. The number of halogens is 1. The van der Waals surface area contributed by atoms with Crippen LogP contribution in [0, 0.1) is 5.82 Å². The number of fused-ring (bicyclic) bond motifs is 1. The lowest BCUT2D eigenvalue weighted by Crippen LogP contribution is -2.31. The molecule has 1 aliphatic rings. The summed E-state index contributed by atoms with van der Waals surface area (Å²) in [5.41, 5.74) is 2.98. The molecule has 1 aliphatic heterocycles. The molecule has 2 N–H and O–H groups in total. The minimum absolute atomic E-state index is 0.210. The van der Waals surface area contributed by atoms with Crippen LogP contribution in [0.15, 0.2) is 36.4 Å². The van der Waals surface area contributed by atoms with Gasteiger partial charge in [0, 0.05) is 6.54 Å². The molecule has 5 heteroatoms. The van der Waals surface area contributed by atoms with Gasteiger partial charge in [0.2, 0.25) is 0 Å². The van der Waals surface area contributed by atoms with E-state index in [0.29, 0.717) is 30.2 Å². The van der Waals surface area contributed by atoms with Gasteiger partial charge in [0.25, 0.3) is 5.91 Å². The summed E-state index contributed by atoms with van der Waals surface area (Å²) in [7, 11) is 0. The quantitative estimate of drug-likeness (QED) is 0.851. The number of nitrogens with one attached hydrogen (secondary N) is 2. The number of carbonyl (C=O) groups is 1. The molecule has 0 aromatic heterocycles. The number of hydrogen-bond acceptors (Lipinski definition) is 3. The fraction of sp³-hybridized carbons (Fsp3) is 0.381. The van der Waals surface area contributed by atoms with Gasteiger partial charge in [0.05, 0.1) is 5.69 Å². The van der Waals surface area contributed by atoms with Crippen molar-refractivity contribution in [3.63, 3.8) is 0 Å². The standard InChI is InChI=1S/C21H25FN2O2/c1-13(2)15-5-4-6-17(11-15)26-14(3)21(25)24-19-8-7-16-12-23-10-9-18(16)20(19)22/h4-8,11,13-14,23H,9-10,12H2,1-3H3,(H,24,25). The summed E-state index contributed by atoms with van der Waals surface area (Å²) >= 11 is 0. The lowest BCUT2D eigenvalue weighted by Gasteiger charge is -2.20. The first kappa shape index (κ1) is 18.4. The average molecular weight is 356 g/mol. The maximum Gasteiger partial charge on any atom is 0.265 e. The molecule has 0 saturated carbocycles. The molecule has 1 unspecified atom stereocenters. The van der Waals surface area contributed by atoms with Crippen molar-refractivity contribution in [1.29, 1.82) is 0 Å². The van der Waals surface area contributed by atoms with Gasteiger partial charge in [-0.05, 0) is 60.7 Å². The Morgan fingerprint density at radius 1 is 1.23 bits per heavy atom. The lowest BCUT2D eigenvalue weighted by molar-refractivity contribution is -0.122. The summed E-state index contributed by atoms with van der Waals surface area (Å²) in [5.74, 6) is 0.302. The summed E-state index contributed by atoms with van der Waals surface area (Å²) < 4.78 is 20.4. The van der Waals surface area contributed by atoms with E-state index in [1.54, 1.807) is 13.0 Å². The number of benzene rings is 2. The van der Waals surface area contributed by atoms with Crippen molar-refractivity contribution < 1.29 is 13.9 Å². The Morgan fingerprint density at radius 2 is 2.04 bits per heavy atom. The Hall–Kier alpha value is -2.40. The van der Waals surface area contributed by atoms with Crippen LogP contribution in [-0.2, 0) is 17.8 Å². The lowest BCUT2D eigenvalue weighted by atomic mass is 9.99. The van der Waals surface area contributed by atoms with Crippen molar-refractivity contribution in [3.8, 4) is 5.75 Å². The van der Waals surface area contributed by atoms with Crippen molar-refractivity contribution in [2.45, 2.75) is 45.8 Å². The zero-order valence-corrected chi connectivity index (χ0v) is 15.4. The fourth-order valence-electron chi connectivity index (χ4n) is 3.07. The third-order valence-electron chi connectivity index (χ3n) is 4.67. The van der Waals surface area contributed by atoms with Crippen LogP contribution in [0.5, 0.6) is 5.75 Å². The predicted molar refractivity (Wildman–Crippen MR) is 101 cm³/mol. The molecular weight excluding hydrogens is 331 g/mol. The van der Waals surface area contributed by atoms with Crippen molar-refractivity contribution in [2.24, 2.45) is 0 Å². The maximum absolute atomic E-state index is 14.7. The van der Waals surface area contributed by atoms with E-state index < -0.39 is 6.10 Å². The van der Waals surface area contributed by atoms with Crippen LogP contribution < -0.4 is 15.4 Å². The van der Waals surface area contributed by atoms with E-state index in [1.807, 2.05) is 30.3 Å². The molecule has 0 saturated heterocycles. The molecule has 1 amide bonds. The van der Waals surface area contributed by atoms with Crippen molar-refractivity contribution in [2.75, 3.05) is 11.9 Å². The molecule has 2 aromatic rings. The molecule has 1 atom stereocenters. The van der Waals surface area contributed by atoms with Crippen LogP contribution in [0.3, 0.4) is 0 Å². The zero-order valence-electron chi connectivity index (χ0n) is 15.4. The second-order valence-corrected chi connectivity index (χ2v) is 6.97. The van der Waals surface area contributed by atoms with Crippen molar-refractivity contribution in [3.05, 3.63) is 58.9 Å². The second kappa shape index (κ2) is 7.87. The van der Waals surface area contributed by atoms with Gasteiger partial charge in [0.15, 0.2) is 6.10 Å². The highest BCUT2D eigenvalue weighted by atomic mass is 19.1. The van der Waals surface area contributed by atoms with E-state index in [4.69, 9.17) is 4.74 Å². The highest BCUT2D eigenvalue weighted by Crippen LogP contribution is 2.25. The molecule has 0 spiro atoms. The van der Waals surface area contributed by atoms with E-state index in [-0.39, 0.29) is 17.4 Å². The number of ether oxygens (including phenoxy) is 1. The molecular formula is C21H25FN2O2. The predicted octanol–water partition coefficient (Wildman–Crippen LogP) is 4.00. The average Bonchev–Trinajstić information content (AvgIpc) is 2.64. The number of rotatable bonds is 5. The summed E-state index contributed by atoms with van der Waals surface area (Å²) in [6.45, 7) is 7.27. The number of amides is 1. The van der Waals surface area contributed by atoms with Crippen LogP contribution in [-0.4, -0.2) is 18.6 Å². The summed E-state index contributed by atoms with van der Waals surface area (Å²) in [6, 6.07) is 11.2. The van der Waals surface area contributed by atoms with Gasteiger partial charge in [-0.25, -0.2) is 4.39 Å². The van der Waals surface area contributed by atoms with Crippen LogP contribution in [0.4, 0.5) is 10.1 Å². The summed E-state index contributed by atoms with van der Waals surface area (Å²) in [5, 5.41) is 5.87. The molecule has 0 aliphatic carbocycles. The molecule has 26 heavy (non-hydrogen) atoms. The van der Waals surface area contributed by atoms with Gasteiger partial charge in [-0.2, -0.15) is 0 Å². The third kappa shape index (κ3) is 4.05. The van der Waals surface area contributed by atoms with Gasteiger partial charge in [-0.3, -0.25) is 4.79 Å². The van der Waals surface area contributed by atoms with Crippen LogP contribution in [0.1, 0.15) is 43.4 Å². The molecule has 138 valence electrons. The molecule has 1 heterocycles. The normalized spacial score (nSPS) is 14.7. The molecule has 4 nitrogen and oxygen atoms in total. The SMILES string of the molecule is CC(Oc1cccc(C(C)C)c1)C(=O)Nc1ccc2c(c1F)CCNC2. The van der Waals surface area contributed by atoms with E-state index in [0.717, 1.165) is 17.7 Å². The van der Waals surface area contributed by atoms with E-state index in [1.165, 1.54) is 0 Å². The maximum atomic E-state index is 14.7. The first-order valence-corrected chi connectivity index (χ1v) is 9.04. The Morgan fingerprint density at radius 3 is 2.81 bits per heavy atom. The molecule has 3 rings (SSSR count). The van der Waals surface area contributed by atoms with E-state index >= 15 is 0 Å². The Kier molecular flexibility index (Phi) is 5.57. The monoisotopic (exact) mass is 356 g/mol. The zero-order chi connectivity index (χ0) is 18.7. The first-order chi connectivity index (χ1) is 12.5. The van der Waals surface area contributed by atoms with Crippen molar-refractivity contribution in [1.82, 2.24) is 5.32 Å². The van der Waals surface area contributed by atoms with Crippen molar-refractivity contribution >= 4 is 11.6 Å². The van der Waals surface area contributed by atoms with Gasteiger partial charge in [-0.15, -0.1) is 0 Å². The van der Waals surface area contributed by atoms with Gasteiger partial charge in [-0.1, -0.05) is 32.0 Å². The largest absolute Gasteiger partial charge is 0.481 e. The molecule has 0 bridgehead atoms. The molecule has 0 radical (unpaired) electrons. The Balaban J connectivity index is 1.69. The molecule has 0 fully saturated rings. The topological polar surface area (TPSA) is 50.4 Å². The number of carbonyl (C=O) groups excluding carboxylic acids is 1. The highest BCUT2D eigenvalue weighted by molar-refractivity contribution is 5.94. The number of hydrogen-bond donors (Lipinski definition) is 2. The van der Waals surface area contributed by atoms with Gasteiger partial charge < -0.3 is 15.4 Å². The summed E-state index contributed by atoms with van der Waals surface area (Å²) in [4.78, 5) is 12.4. The van der Waals surface area contributed by atoms with Crippen LogP contribution >= 0.6 is 0 Å². The smallest absolute Gasteiger partial charge is 0.265 e. The van der Waals surface area contributed by atoms with E-state index in [9.17, 15) is 9.18 Å². The second-order valence-electron chi connectivity index (χ2n) is 6.97. The van der Waals surface area contributed by atoms with Crippen LogP contribution in [0.25, 0.3) is 0 Å². The Labute approximate surface area is 153 Å². The first-order valence-electron chi connectivity index (χ1n) is 9.04.